The van der Waals surface area contributed by atoms with Crippen LogP contribution < -0.4 is 5.32 Å². The Balaban J connectivity index is 2.16. The van der Waals surface area contributed by atoms with Crippen LogP contribution in [-0.4, -0.2) is 62.2 Å². The molecule has 0 aliphatic heterocycles. The lowest BCUT2D eigenvalue weighted by molar-refractivity contribution is 0.180. The summed E-state index contributed by atoms with van der Waals surface area (Å²) in [4.78, 5) is 4.83. The molecule has 0 aromatic rings. The molecule has 17 heavy (non-hydrogen) atoms. The van der Waals surface area contributed by atoms with Gasteiger partial charge in [-0.15, -0.1) is 0 Å². The van der Waals surface area contributed by atoms with Gasteiger partial charge >= 0.3 is 0 Å². The molecule has 102 valence electrons. The summed E-state index contributed by atoms with van der Waals surface area (Å²) in [5.41, 5.74) is 0. The third kappa shape index (κ3) is 5.84. The fourth-order valence-corrected chi connectivity index (χ4v) is 2.53. The highest BCUT2D eigenvalue weighted by Crippen LogP contribution is 2.32. The van der Waals surface area contributed by atoms with E-state index < -0.39 is 0 Å². The third-order valence-corrected chi connectivity index (χ3v) is 3.85. The zero-order valence-electron chi connectivity index (χ0n) is 12.4. The van der Waals surface area contributed by atoms with Crippen molar-refractivity contribution in [2.45, 2.75) is 45.7 Å². The maximum absolute atomic E-state index is 3.66. The molecule has 0 amide bonds. The maximum Gasteiger partial charge on any atom is 0.0195 e. The van der Waals surface area contributed by atoms with Crippen molar-refractivity contribution in [2.75, 3.05) is 40.3 Å². The molecule has 1 N–H and O–H groups in total. The molecule has 0 radical (unpaired) electrons. The van der Waals surface area contributed by atoms with Crippen molar-refractivity contribution in [1.82, 2.24) is 15.1 Å². The van der Waals surface area contributed by atoms with Crippen LogP contribution in [0, 0.1) is 5.92 Å². The number of likely N-dealkylation sites (N-methyl/N-ethyl adjacent to an activating group) is 2. The lowest BCUT2D eigenvalue weighted by atomic mass is 10.2. The molecular formula is C14H31N3. The first-order valence-corrected chi connectivity index (χ1v) is 7.16. The fourth-order valence-electron chi connectivity index (χ4n) is 2.53. The van der Waals surface area contributed by atoms with Crippen molar-refractivity contribution in [3.8, 4) is 0 Å². The predicted molar refractivity (Wildman–Crippen MR) is 75.5 cm³/mol. The van der Waals surface area contributed by atoms with Gasteiger partial charge in [0.2, 0.25) is 0 Å². The monoisotopic (exact) mass is 241 g/mol. The molecule has 0 saturated heterocycles. The van der Waals surface area contributed by atoms with Gasteiger partial charge in [0.05, 0.1) is 0 Å². The van der Waals surface area contributed by atoms with Gasteiger partial charge in [-0.05, 0) is 53.2 Å². The van der Waals surface area contributed by atoms with Gasteiger partial charge in [0.15, 0.2) is 0 Å². The summed E-state index contributed by atoms with van der Waals surface area (Å²) in [6.07, 6.45) is 2.87. The van der Waals surface area contributed by atoms with E-state index in [1.54, 1.807) is 0 Å². The second-order valence-corrected chi connectivity index (χ2v) is 5.82. The van der Waals surface area contributed by atoms with E-state index in [1.807, 2.05) is 0 Å². The van der Waals surface area contributed by atoms with Crippen molar-refractivity contribution in [3.05, 3.63) is 0 Å². The van der Waals surface area contributed by atoms with Crippen molar-refractivity contribution < 1.29 is 0 Å². The fraction of sp³-hybridized carbons (Fsp3) is 1.00. The highest BCUT2D eigenvalue weighted by molar-refractivity contribution is 4.83. The Hall–Kier alpha value is -0.120. The summed E-state index contributed by atoms with van der Waals surface area (Å²) >= 11 is 0. The molecule has 0 heterocycles. The van der Waals surface area contributed by atoms with Gasteiger partial charge in [-0.25, -0.2) is 0 Å². The molecular weight excluding hydrogens is 210 g/mol. The number of hydrogen-bond donors (Lipinski definition) is 1. The van der Waals surface area contributed by atoms with Gasteiger partial charge in [0, 0.05) is 31.7 Å². The first-order valence-electron chi connectivity index (χ1n) is 7.16. The van der Waals surface area contributed by atoms with E-state index in [9.17, 15) is 0 Å². The second-order valence-electron chi connectivity index (χ2n) is 5.82. The first-order chi connectivity index (χ1) is 8.04. The Morgan fingerprint density at radius 3 is 2.35 bits per heavy atom. The van der Waals surface area contributed by atoms with Crippen LogP contribution in [0.15, 0.2) is 0 Å². The zero-order chi connectivity index (χ0) is 12.8. The summed E-state index contributed by atoms with van der Waals surface area (Å²) < 4.78 is 0. The smallest absolute Gasteiger partial charge is 0.0195 e. The Bertz CT molecular complexity index is 202. The molecule has 0 bridgehead atoms. The maximum atomic E-state index is 3.66. The SMILES string of the molecule is CCN(CCNC(C)C1CC1)C(C)CN(C)C. The van der Waals surface area contributed by atoms with Crippen molar-refractivity contribution in [1.29, 1.82) is 0 Å². The molecule has 0 aromatic heterocycles. The number of rotatable bonds is 9. The van der Waals surface area contributed by atoms with E-state index in [0.29, 0.717) is 6.04 Å². The van der Waals surface area contributed by atoms with Crippen molar-refractivity contribution in [2.24, 2.45) is 5.92 Å². The largest absolute Gasteiger partial charge is 0.313 e. The Morgan fingerprint density at radius 2 is 1.88 bits per heavy atom. The molecule has 1 rings (SSSR count). The van der Waals surface area contributed by atoms with Gasteiger partial charge in [-0.1, -0.05) is 6.92 Å². The highest BCUT2D eigenvalue weighted by Gasteiger charge is 2.27. The predicted octanol–water partition coefficient (Wildman–Crippen LogP) is 1.65. The minimum Gasteiger partial charge on any atom is -0.313 e. The summed E-state index contributed by atoms with van der Waals surface area (Å²) in [5.74, 6) is 0.962. The molecule has 1 saturated carbocycles. The van der Waals surface area contributed by atoms with Gasteiger partial charge in [-0.3, -0.25) is 4.90 Å². The lowest BCUT2D eigenvalue weighted by Gasteiger charge is -2.30. The molecule has 2 atom stereocenters. The summed E-state index contributed by atoms with van der Waals surface area (Å²) in [6.45, 7) is 11.5. The van der Waals surface area contributed by atoms with Gasteiger partial charge in [-0.2, -0.15) is 0 Å². The Morgan fingerprint density at radius 1 is 1.24 bits per heavy atom. The van der Waals surface area contributed by atoms with Crippen LogP contribution in [0.5, 0.6) is 0 Å². The van der Waals surface area contributed by atoms with Gasteiger partial charge in [0.1, 0.15) is 0 Å². The third-order valence-electron chi connectivity index (χ3n) is 3.85. The number of nitrogens with zero attached hydrogens (tertiary/aromatic N) is 2. The van der Waals surface area contributed by atoms with Gasteiger partial charge in [0.25, 0.3) is 0 Å². The van der Waals surface area contributed by atoms with Crippen LogP contribution in [0.4, 0.5) is 0 Å². The molecule has 1 aliphatic rings. The topological polar surface area (TPSA) is 18.5 Å². The molecule has 3 nitrogen and oxygen atoms in total. The van der Waals surface area contributed by atoms with E-state index in [4.69, 9.17) is 0 Å². The van der Waals surface area contributed by atoms with Crippen LogP contribution >= 0.6 is 0 Å². The highest BCUT2D eigenvalue weighted by atomic mass is 15.2. The zero-order valence-corrected chi connectivity index (χ0v) is 12.4. The minimum absolute atomic E-state index is 0.646. The van der Waals surface area contributed by atoms with Crippen LogP contribution in [-0.2, 0) is 0 Å². The summed E-state index contributed by atoms with van der Waals surface area (Å²) in [7, 11) is 4.30. The number of hydrogen-bond acceptors (Lipinski definition) is 3. The van der Waals surface area contributed by atoms with E-state index in [0.717, 1.165) is 31.6 Å². The molecule has 1 fully saturated rings. The molecule has 2 unspecified atom stereocenters. The summed E-state index contributed by atoms with van der Waals surface area (Å²) in [6, 6.07) is 1.37. The second kappa shape index (κ2) is 7.34. The molecule has 3 heteroatoms. The average molecular weight is 241 g/mol. The molecule has 0 aromatic carbocycles. The average Bonchev–Trinajstić information content (AvgIpc) is 3.06. The summed E-state index contributed by atoms with van der Waals surface area (Å²) in [5, 5.41) is 3.66. The van der Waals surface area contributed by atoms with Crippen LogP contribution in [0.2, 0.25) is 0 Å². The van der Waals surface area contributed by atoms with Crippen LogP contribution in [0.25, 0.3) is 0 Å². The Kier molecular flexibility index (Phi) is 6.45. The van der Waals surface area contributed by atoms with Crippen molar-refractivity contribution in [3.63, 3.8) is 0 Å². The van der Waals surface area contributed by atoms with E-state index in [2.05, 4.69) is 50.0 Å². The molecule has 1 aliphatic carbocycles. The van der Waals surface area contributed by atoms with Crippen LogP contribution in [0.1, 0.15) is 33.6 Å². The molecule has 0 spiro atoms. The van der Waals surface area contributed by atoms with Crippen LogP contribution in [0.3, 0.4) is 0 Å². The van der Waals surface area contributed by atoms with E-state index in [1.165, 1.54) is 19.4 Å². The minimum atomic E-state index is 0.646. The normalized spacial score (nSPS) is 19.9. The Labute approximate surface area is 108 Å². The quantitative estimate of drug-likeness (QED) is 0.662. The van der Waals surface area contributed by atoms with E-state index in [-0.39, 0.29) is 0 Å². The van der Waals surface area contributed by atoms with E-state index >= 15 is 0 Å². The standard InChI is InChI=1S/C14H31N3/c1-6-17(12(2)11-16(4)5)10-9-15-13(3)14-7-8-14/h12-15H,6-11H2,1-5H3. The number of nitrogens with one attached hydrogen (secondary N) is 1. The first kappa shape index (κ1) is 14.9. The van der Waals surface area contributed by atoms with Gasteiger partial charge < -0.3 is 10.2 Å². The lowest BCUT2D eigenvalue weighted by Crippen LogP contribution is -2.44. The van der Waals surface area contributed by atoms with Crippen molar-refractivity contribution >= 4 is 0 Å².